The SMILES string of the molecule is CC1(CN)CCN(CCOc2ccc(C(F)(F)F)cc2)C1. The highest BCUT2D eigenvalue weighted by molar-refractivity contribution is 5.28. The Bertz CT molecular complexity index is 461. The molecule has 3 nitrogen and oxygen atoms in total. The minimum atomic E-state index is -4.30. The van der Waals surface area contributed by atoms with Gasteiger partial charge in [0.15, 0.2) is 0 Å². The third-order valence-corrected chi connectivity index (χ3v) is 3.99. The van der Waals surface area contributed by atoms with Crippen LogP contribution in [-0.2, 0) is 6.18 Å². The van der Waals surface area contributed by atoms with Gasteiger partial charge in [-0.1, -0.05) is 6.92 Å². The van der Waals surface area contributed by atoms with Crippen LogP contribution in [0.4, 0.5) is 13.2 Å². The van der Waals surface area contributed by atoms with E-state index in [2.05, 4.69) is 11.8 Å². The number of nitrogens with two attached hydrogens (primary N) is 1. The first-order chi connectivity index (χ1) is 9.82. The fraction of sp³-hybridized carbons (Fsp3) is 0.600. The highest BCUT2D eigenvalue weighted by Gasteiger charge is 2.32. The van der Waals surface area contributed by atoms with Gasteiger partial charge in [0.1, 0.15) is 12.4 Å². The summed E-state index contributed by atoms with van der Waals surface area (Å²) in [4.78, 5) is 2.27. The van der Waals surface area contributed by atoms with Gasteiger partial charge in [0.05, 0.1) is 5.56 Å². The maximum Gasteiger partial charge on any atom is 0.416 e. The van der Waals surface area contributed by atoms with E-state index >= 15 is 0 Å². The molecule has 21 heavy (non-hydrogen) atoms. The van der Waals surface area contributed by atoms with Crippen molar-refractivity contribution in [3.63, 3.8) is 0 Å². The van der Waals surface area contributed by atoms with E-state index < -0.39 is 11.7 Å². The number of hydrogen-bond donors (Lipinski definition) is 1. The third-order valence-electron chi connectivity index (χ3n) is 3.99. The third kappa shape index (κ3) is 4.35. The summed E-state index contributed by atoms with van der Waals surface area (Å²) in [6.45, 7) is 6.00. The van der Waals surface area contributed by atoms with Crippen LogP contribution in [0.25, 0.3) is 0 Å². The second kappa shape index (κ2) is 6.23. The van der Waals surface area contributed by atoms with Crippen LogP contribution < -0.4 is 10.5 Å². The fourth-order valence-corrected chi connectivity index (χ4v) is 2.52. The largest absolute Gasteiger partial charge is 0.492 e. The second-order valence-electron chi connectivity index (χ2n) is 5.91. The number of ether oxygens (including phenoxy) is 1. The first-order valence-electron chi connectivity index (χ1n) is 7.05. The standard InChI is InChI=1S/C15H21F3N2O/c1-14(10-19)6-7-20(11-14)8-9-21-13-4-2-12(3-5-13)15(16,17)18/h2-5H,6-11,19H2,1H3. The molecule has 0 aliphatic carbocycles. The van der Waals surface area contributed by atoms with Gasteiger partial charge in [-0.15, -0.1) is 0 Å². The van der Waals surface area contributed by atoms with Gasteiger partial charge >= 0.3 is 6.18 Å². The lowest BCUT2D eigenvalue weighted by molar-refractivity contribution is -0.137. The normalized spacial score (nSPS) is 23.5. The Morgan fingerprint density at radius 3 is 2.48 bits per heavy atom. The molecular weight excluding hydrogens is 281 g/mol. The zero-order chi connectivity index (χ0) is 15.5. The van der Waals surface area contributed by atoms with E-state index in [9.17, 15) is 13.2 Å². The maximum absolute atomic E-state index is 12.4. The molecule has 0 saturated carbocycles. The van der Waals surface area contributed by atoms with Crippen LogP contribution >= 0.6 is 0 Å². The number of likely N-dealkylation sites (tertiary alicyclic amines) is 1. The topological polar surface area (TPSA) is 38.5 Å². The molecule has 2 N–H and O–H groups in total. The lowest BCUT2D eigenvalue weighted by atomic mass is 9.90. The van der Waals surface area contributed by atoms with Crippen molar-refractivity contribution in [2.75, 3.05) is 32.8 Å². The van der Waals surface area contributed by atoms with E-state index in [0.717, 1.165) is 38.2 Å². The van der Waals surface area contributed by atoms with Crippen molar-refractivity contribution in [1.82, 2.24) is 4.90 Å². The Morgan fingerprint density at radius 1 is 1.29 bits per heavy atom. The van der Waals surface area contributed by atoms with Crippen LogP contribution in [-0.4, -0.2) is 37.7 Å². The lowest BCUT2D eigenvalue weighted by Crippen LogP contribution is -2.33. The molecular formula is C15H21F3N2O. The molecule has 0 spiro atoms. The first kappa shape index (κ1) is 16.1. The molecule has 1 aliphatic rings. The number of alkyl halides is 3. The Balaban J connectivity index is 1.77. The molecule has 6 heteroatoms. The van der Waals surface area contributed by atoms with Crippen molar-refractivity contribution in [1.29, 1.82) is 0 Å². The Labute approximate surface area is 122 Å². The smallest absolute Gasteiger partial charge is 0.416 e. The summed E-state index contributed by atoms with van der Waals surface area (Å²) in [7, 11) is 0. The van der Waals surface area contributed by atoms with Gasteiger partial charge in [0, 0.05) is 13.1 Å². The van der Waals surface area contributed by atoms with E-state index in [1.54, 1.807) is 0 Å². The van der Waals surface area contributed by atoms with Crippen molar-refractivity contribution < 1.29 is 17.9 Å². The zero-order valence-electron chi connectivity index (χ0n) is 12.1. The molecule has 1 aromatic carbocycles. The van der Waals surface area contributed by atoms with Crippen LogP contribution in [0.2, 0.25) is 0 Å². The van der Waals surface area contributed by atoms with E-state index in [4.69, 9.17) is 10.5 Å². The summed E-state index contributed by atoms with van der Waals surface area (Å²) in [6.07, 6.45) is -3.23. The molecule has 2 rings (SSSR count). The van der Waals surface area contributed by atoms with Gasteiger partial charge in [0.25, 0.3) is 0 Å². The minimum absolute atomic E-state index is 0.175. The number of nitrogens with zero attached hydrogens (tertiary/aromatic N) is 1. The molecule has 1 saturated heterocycles. The molecule has 0 radical (unpaired) electrons. The maximum atomic E-state index is 12.4. The van der Waals surface area contributed by atoms with Crippen LogP contribution in [0.3, 0.4) is 0 Å². The zero-order valence-corrected chi connectivity index (χ0v) is 12.1. The van der Waals surface area contributed by atoms with Gasteiger partial charge in [-0.25, -0.2) is 0 Å². The van der Waals surface area contributed by atoms with E-state index in [0.29, 0.717) is 18.9 Å². The van der Waals surface area contributed by atoms with Crippen molar-refractivity contribution in [2.24, 2.45) is 11.1 Å². The van der Waals surface area contributed by atoms with E-state index in [1.165, 1.54) is 12.1 Å². The van der Waals surface area contributed by atoms with Gasteiger partial charge in [0.2, 0.25) is 0 Å². The highest BCUT2D eigenvalue weighted by atomic mass is 19.4. The number of hydrogen-bond acceptors (Lipinski definition) is 3. The van der Waals surface area contributed by atoms with Gasteiger partial charge in [-0.05, 0) is 49.2 Å². The summed E-state index contributed by atoms with van der Waals surface area (Å²) in [5.74, 6) is 0.462. The molecule has 1 unspecified atom stereocenters. The molecule has 1 aliphatic heterocycles. The Kier molecular flexibility index (Phi) is 4.78. The average Bonchev–Trinajstić information content (AvgIpc) is 2.81. The molecule has 118 valence electrons. The molecule has 1 fully saturated rings. The highest BCUT2D eigenvalue weighted by Crippen LogP contribution is 2.30. The summed E-state index contributed by atoms with van der Waals surface area (Å²) in [6, 6.07) is 4.79. The monoisotopic (exact) mass is 302 g/mol. The van der Waals surface area contributed by atoms with Crippen LogP contribution in [0.15, 0.2) is 24.3 Å². The van der Waals surface area contributed by atoms with Crippen molar-refractivity contribution in [3.05, 3.63) is 29.8 Å². The molecule has 0 amide bonds. The fourth-order valence-electron chi connectivity index (χ4n) is 2.52. The van der Waals surface area contributed by atoms with E-state index in [1.807, 2.05) is 0 Å². The predicted molar refractivity (Wildman–Crippen MR) is 75.2 cm³/mol. The summed E-state index contributed by atoms with van der Waals surface area (Å²) in [5.41, 5.74) is 5.27. The molecule has 0 bridgehead atoms. The van der Waals surface area contributed by atoms with Crippen LogP contribution in [0.5, 0.6) is 5.75 Å². The van der Waals surface area contributed by atoms with Crippen LogP contribution in [0.1, 0.15) is 18.9 Å². The average molecular weight is 302 g/mol. The van der Waals surface area contributed by atoms with Gasteiger partial charge in [-0.2, -0.15) is 13.2 Å². The number of benzene rings is 1. The number of halogens is 3. The quantitative estimate of drug-likeness (QED) is 0.909. The van der Waals surface area contributed by atoms with Crippen molar-refractivity contribution >= 4 is 0 Å². The van der Waals surface area contributed by atoms with Gasteiger partial charge < -0.3 is 10.5 Å². The molecule has 1 atom stereocenters. The lowest BCUT2D eigenvalue weighted by Gasteiger charge is -2.22. The van der Waals surface area contributed by atoms with E-state index in [-0.39, 0.29) is 5.41 Å². The predicted octanol–water partition coefficient (Wildman–Crippen LogP) is 2.75. The molecule has 1 aromatic rings. The van der Waals surface area contributed by atoms with Crippen LogP contribution in [0, 0.1) is 5.41 Å². The summed E-state index contributed by atoms with van der Waals surface area (Å²) >= 11 is 0. The Morgan fingerprint density at radius 2 is 1.95 bits per heavy atom. The first-order valence-corrected chi connectivity index (χ1v) is 7.05. The number of rotatable bonds is 5. The summed E-state index contributed by atoms with van der Waals surface area (Å²) < 4.78 is 42.8. The summed E-state index contributed by atoms with van der Waals surface area (Å²) in [5, 5.41) is 0. The molecule has 1 heterocycles. The van der Waals surface area contributed by atoms with Crippen molar-refractivity contribution in [2.45, 2.75) is 19.5 Å². The van der Waals surface area contributed by atoms with Crippen molar-refractivity contribution in [3.8, 4) is 5.75 Å². The Hall–Kier alpha value is -1.27. The molecule has 0 aromatic heterocycles. The van der Waals surface area contributed by atoms with Gasteiger partial charge in [-0.3, -0.25) is 4.90 Å². The minimum Gasteiger partial charge on any atom is -0.492 e. The second-order valence-corrected chi connectivity index (χ2v) is 5.91.